The Balaban J connectivity index is 1.98. The molecule has 0 radical (unpaired) electrons. The van der Waals surface area contributed by atoms with E-state index in [0.29, 0.717) is 16.1 Å². The van der Waals surface area contributed by atoms with Gasteiger partial charge in [0.25, 0.3) is 0 Å². The van der Waals surface area contributed by atoms with Crippen LogP contribution in [-0.4, -0.2) is 43.1 Å². The van der Waals surface area contributed by atoms with E-state index in [1.54, 1.807) is 25.4 Å². The third-order valence-electron chi connectivity index (χ3n) is 2.61. The summed E-state index contributed by atoms with van der Waals surface area (Å²) >= 11 is 2.80. The number of carbonyl (C=O) groups is 1. The summed E-state index contributed by atoms with van der Waals surface area (Å²) in [6.07, 6.45) is 3.40. The first-order valence-electron chi connectivity index (χ1n) is 6.14. The van der Waals surface area contributed by atoms with Crippen molar-refractivity contribution in [2.24, 2.45) is 7.05 Å². The second-order valence-electron chi connectivity index (χ2n) is 4.06. The Morgan fingerprint density at radius 3 is 2.76 bits per heavy atom. The van der Waals surface area contributed by atoms with Gasteiger partial charge < -0.3 is 9.30 Å². The van der Waals surface area contributed by atoms with Crippen molar-refractivity contribution in [1.29, 1.82) is 0 Å². The molecule has 2 heterocycles. The van der Waals surface area contributed by atoms with E-state index < -0.39 is 0 Å². The molecule has 0 fully saturated rings. The van der Waals surface area contributed by atoms with Gasteiger partial charge in [0.05, 0.1) is 12.9 Å². The molecule has 7 nitrogen and oxygen atoms in total. The standard InChI is InChI=1S/C12H15N5O2S2/c1-8(10(18)19-3)21-12-16-15-9(17(12)2)7-20-11-13-5-4-6-14-11/h4-6,8H,7H2,1-3H3. The molecule has 0 bridgehead atoms. The number of hydrogen-bond acceptors (Lipinski definition) is 8. The highest BCUT2D eigenvalue weighted by Crippen LogP contribution is 2.24. The molecule has 9 heteroatoms. The number of nitrogens with zero attached hydrogens (tertiary/aromatic N) is 5. The van der Waals surface area contributed by atoms with Gasteiger partial charge in [-0.25, -0.2) is 9.97 Å². The monoisotopic (exact) mass is 325 g/mol. The summed E-state index contributed by atoms with van der Waals surface area (Å²) in [6, 6.07) is 1.77. The van der Waals surface area contributed by atoms with E-state index in [0.717, 1.165) is 5.82 Å². The van der Waals surface area contributed by atoms with E-state index in [2.05, 4.69) is 20.2 Å². The van der Waals surface area contributed by atoms with Crippen LogP contribution in [0.4, 0.5) is 0 Å². The zero-order valence-corrected chi connectivity index (χ0v) is 13.5. The number of methoxy groups -OCH3 is 1. The third-order valence-corrected chi connectivity index (χ3v) is 4.60. The first-order valence-corrected chi connectivity index (χ1v) is 8.01. The van der Waals surface area contributed by atoms with Crippen LogP contribution < -0.4 is 0 Å². The fraction of sp³-hybridized carbons (Fsp3) is 0.417. The van der Waals surface area contributed by atoms with Crippen LogP contribution in [0.5, 0.6) is 0 Å². The summed E-state index contributed by atoms with van der Waals surface area (Å²) in [6.45, 7) is 1.78. The molecule has 0 aliphatic heterocycles. The van der Waals surface area contributed by atoms with Crippen LogP contribution in [0, 0.1) is 0 Å². The lowest BCUT2D eigenvalue weighted by atomic mass is 10.5. The lowest BCUT2D eigenvalue weighted by Gasteiger charge is -2.08. The van der Waals surface area contributed by atoms with Gasteiger partial charge in [0.1, 0.15) is 11.1 Å². The largest absolute Gasteiger partial charge is 0.468 e. The average Bonchev–Trinajstić information content (AvgIpc) is 2.86. The average molecular weight is 325 g/mol. The molecule has 0 spiro atoms. The summed E-state index contributed by atoms with van der Waals surface area (Å²) in [5.41, 5.74) is 0. The second kappa shape index (κ2) is 7.41. The minimum atomic E-state index is -0.323. The van der Waals surface area contributed by atoms with Gasteiger partial charge in [-0.05, 0) is 13.0 Å². The van der Waals surface area contributed by atoms with Crippen LogP contribution in [0.25, 0.3) is 0 Å². The number of ether oxygens (including phenoxy) is 1. The van der Waals surface area contributed by atoms with Gasteiger partial charge in [0.15, 0.2) is 10.3 Å². The Bertz CT molecular complexity index is 605. The van der Waals surface area contributed by atoms with Crippen LogP contribution in [-0.2, 0) is 22.3 Å². The molecule has 0 aromatic carbocycles. The Morgan fingerprint density at radius 1 is 1.38 bits per heavy atom. The topological polar surface area (TPSA) is 82.8 Å². The van der Waals surface area contributed by atoms with Crippen LogP contribution in [0.2, 0.25) is 0 Å². The lowest BCUT2D eigenvalue weighted by Crippen LogP contribution is -2.15. The van der Waals surface area contributed by atoms with E-state index >= 15 is 0 Å². The molecule has 0 aliphatic rings. The maximum atomic E-state index is 11.4. The van der Waals surface area contributed by atoms with E-state index in [1.165, 1.54) is 30.6 Å². The molecule has 21 heavy (non-hydrogen) atoms. The quantitative estimate of drug-likeness (QED) is 0.449. The minimum Gasteiger partial charge on any atom is -0.468 e. The Morgan fingerprint density at radius 2 is 2.10 bits per heavy atom. The first kappa shape index (κ1) is 15.8. The molecule has 0 aliphatic carbocycles. The molecule has 0 N–H and O–H groups in total. The molecule has 2 aromatic rings. The Hall–Kier alpha value is -1.61. The molecular weight excluding hydrogens is 310 g/mol. The van der Waals surface area contributed by atoms with Crippen molar-refractivity contribution < 1.29 is 9.53 Å². The molecule has 2 aromatic heterocycles. The van der Waals surface area contributed by atoms with Crippen molar-refractivity contribution in [2.45, 2.75) is 28.2 Å². The third kappa shape index (κ3) is 4.18. The molecule has 1 unspecified atom stereocenters. The smallest absolute Gasteiger partial charge is 0.318 e. The lowest BCUT2D eigenvalue weighted by molar-refractivity contribution is -0.139. The summed E-state index contributed by atoms with van der Waals surface area (Å²) in [5, 5.41) is 9.28. The number of carbonyl (C=O) groups excluding carboxylic acids is 1. The SMILES string of the molecule is COC(=O)C(C)Sc1nnc(CSc2ncccn2)n1C. The summed E-state index contributed by atoms with van der Waals surface area (Å²) in [5.74, 6) is 1.13. The Kier molecular flexibility index (Phi) is 5.57. The maximum absolute atomic E-state index is 11.4. The highest BCUT2D eigenvalue weighted by atomic mass is 32.2. The fourth-order valence-corrected chi connectivity index (χ4v) is 3.08. The van der Waals surface area contributed by atoms with Crippen LogP contribution in [0.1, 0.15) is 12.7 Å². The number of rotatable bonds is 6. The second-order valence-corrected chi connectivity index (χ2v) is 6.31. The number of aromatic nitrogens is 5. The van der Waals surface area contributed by atoms with E-state index in [-0.39, 0.29) is 11.2 Å². The van der Waals surface area contributed by atoms with Crippen molar-refractivity contribution in [3.63, 3.8) is 0 Å². The molecule has 112 valence electrons. The molecule has 1 atom stereocenters. The molecule has 0 saturated heterocycles. The predicted octanol–water partition coefficient (Wildman–Crippen LogP) is 1.55. The highest BCUT2D eigenvalue weighted by Gasteiger charge is 2.19. The van der Waals surface area contributed by atoms with Crippen molar-refractivity contribution in [2.75, 3.05) is 7.11 Å². The molecular formula is C12H15N5O2S2. The van der Waals surface area contributed by atoms with Crippen LogP contribution in [0.15, 0.2) is 28.8 Å². The van der Waals surface area contributed by atoms with Crippen molar-refractivity contribution in [1.82, 2.24) is 24.7 Å². The Labute approximate surface area is 130 Å². The van der Waals surface area contributed by atoms with Gasteiger partial charge in [-0.1, -0.05) is 23.5 Å². The van der Waals surface area contributed by atoms with Crippen LogP contribution in [0.3, 0.4) is 0 Å². The zero-order chi connectivity index (χ0) is 15.2. The first-order chi connectivity index (χ1) is 10.1. The van der Waals surface area contributed by atoms with Crippen LogP contribution >= 0.6 is 23.5 Å². The fourth-order valence-electron chi connectivity index (χ4n) is 1.43. The summed E-state index contributed by atoms with van der Waals surface area (Å²) < 4.78 is 6.56. The van der Waals surface area contributed by atoms with Gasteiger partial charge in [-0.3, -0.25) is 4.79 Å². The molecule has 2 rings (SSSR count). The van der Waals surface area contributed by atoms with E-state index in [1.807, 2.05) is 11.6 Å². The maximum Gasteiger partial charge on any atom is 0.318 e. The molecule has 0 saturated carbocycles. The number of thioether (sulfide) groups is 2. The van der Waals surface area contributed by atoms with Crippen molar-refractivity contribution >= 4 is 29.5 Å². The summed E-state index contributed by atoms with van der Waals surface area (Å²) in [7, 11) is 3.24. The normalized spacial score (nSPS) is 12.1. The summed E-state index contributed by atoms with van der Waals surface area (Å²) in [4.78, 5) is 19.7. The predicted molar refractivity (Wildman–Crippen MR) is 79.9 cm³/mol. The number of hydrogen-bond donors (Lipinski definition) is 0. The minimum absolute atomic E-state index is 0.281. The highest BCUT2D eigenvalue weighted by molar-refractivity contribution is 8.00. The molecule has 0 amide bonds. The van der Waals surface area contributed by atoms with Crippen molar-refractivity contribution in [3.8, 4) is 0 Å². The zero-order valence-electron chi connectivity index (χ0n) is 11.9. The van der Waals surface area contributed by atoms with E-state index in [4.69, 9.17) is 4.74 Å². The van der Waals surface area contributed by atoms with Crippen molar-refractivity contribution in [3.05, 3.63) is 24.3 Å². The number of esters is 1. The van der Waals surface area contributed by atoms with Gasteiger partial charge in [0.2, 0.25) is 0 Å². The van der Waals surface area contributed by atoms with Gasteiger partial charge in [0, 0.05) is 19.4 Å². The van der Waals surface area contributed by atoms with Gasteiger partial charge in [-0.15, -0.1) is 10.2 Å². The van der Waals surface area contributed by atoms with E-state index in [9.17, 15) is 4.79 Å². The van der Waals surface area contributed by atoms with Gasteiger partial charge >= 0.3 is 5.97 Å². The van der Waals surface area contributed by atoms with Gasteiger partial charge in [-0.2, -0.15) is 0 Å².